The van der Waals surface area contributed by atoms with E-state index in [4.69, 9.17) is 18.3 Å². The van der Waals surface area contributed by atoms with Crippen LogP contribution in [0, 0.1) is 0 Å². The lowest BCUT2D eigenvalue weighted by molar-refractivity contribution is 0.155. The van der Waals surface area contributed by atoms with Crippen LogP contribution in [-0.2, 0) is 18.3 Å². The summed E-state index contributed by atoms with van der Waals surface area (Å²) in [5, 5.41) is 0. The van der Waals surface area contributed by atoms with Gasteiger partial charge in [0.1, 0.15) is 0 Å². The van der Waals surface area contributed by atoms with E-state index >= 15 is 0 Å². The summed E-state index contributed by atoms with van der Waals surface area (Å²) in [5.41, 5.74) is 0. The highest BCUT2D eigenvalue weighted by Crippen LogP contribution is 2.39. The third kappa shape index (κ3) is 8.85. The van der Waals surface area contributed by atoms with Crippen molar-refractivity contribution in [3.05, 3.63) is 0 Å². The molecule has 14 heavy (non-hydrogen) atoms. The van der Waals surface area contributed by atoms with Gasteiger partial charge in [0.2, 0.25) is 0 Å². The maximum atomic E-state index is 5.43. The van der Waals surface area contributed by atoms with E-state index in [-0.39, 0.29) is 0 Å². The maximum Gasteiger partial charge on any atom is 0.332 e. The molecule has 0 saturated heterocycles. The fourth-order valence-electron chi connectivity index (χ4n) is 0.810. The Kier molecular flexibility index (Phi) is 11.6. The van der Waals surface area contributed by atoms with Crippen LogP contribution in [0.3, 0.4) is 0 Å². The highest BCUT2D eigenvalue weighted by molar-refractivity contribution is 7.41. The van der Waals surface area contributed by atoms with Gasteiger partial charge in [-0.1, -0.05) is 0 Å². The van der Waals surface area contributed by atoms with E-state index in [1.54, 1.807) is 7.11 Å². The summed E-state index contributed by atoms with van der Waals surface area (Å²) in [6, 6.07) is 0. The van der Waals surface area contributed by atoms with Gasteiger partial charge in [0, 0.05) is 13.7 Å². The fourth-order valence-corrected chi connectivity index (χ4v) is 1.73. The molecule has 0 aliphatic rings. The molecule has 0 aliphatic heterocycles. The smallest absolute Gasteiger partial charge is 0.332 e. The Morgan fingerprint density at radius 1 is 0.857 bits per heavy atom. The Bertz CT molecular complexity index is 107. The normalized spacial score (nSPS) is 11.1. The number of unbranched alkanes of at least 4 members (excludes halogenated alkanes) is 1. The molecule has 0 N–H and O–H groups in total. The van der Waals surface area contributed by atoms with Gasteiger partial charge in [-0.25, -0.2) is 0 Å². The molecular weight excluding hydrogens is 203 g/mol. The zero-order chi connectivity index (χ0) is 10.6. The van der Waals surface area contributed by atoms with Gasteiger partial charge in [0.25, 0.3) is 0 Å². The van der Waals surface area contributed by atoms with Crippen molar-refractivity contribution in [1.29, 1.82) is 0 Å². The summed E-state index contributed by atoms with van der Waals surface area (Å²) in [4.78, 5) is 0. The van der Waals surface area contributed by atoms with Crippen molar-refractivity contribution < 1.29 is 18.3 Å². The molecule has 4 nitrogen and oxygen atoms in total. The summed E-state index contributed by atoms with van der Waals surface area (Å²) in [6.45, 7) is 6.58. The molecule has 0 heterocycles. The molecular formula is C9H21O4P. The van der Waals surface area contributed by atoms with E-state index in [2.05, 4.69) is 0 Å². The van der Waals surface area contributed by atoms with Crippen molar-refractivity contribution in [2.45, 2.75) is 26.7 Å². The van der Waals surface area contributed by atoms with Crippen molar-refractivity contribution in [2.24, 2.45) is 0 Å². The average molecular weight is 224 g/mol. The molecule has 0 amide bonds. The Balaban J connectivity index is 3.30. The minimum absolute atomic E-state index is 0.629. The average Bonchev–Trinajstić information content (AvgIpc) is 2.18. The molecule has 0 fully saturated rings. The highest BCUT2D eigenvalue weighted by Gasteiger charge is 2.09. The third-order valence-electron chi connectivity index (χ3n) is 1.41. The van der Waals surface area contributed by atoms with Gasteiger partial charge in [-0.2, -0.15) is 0 Å². The van der Waals surface area contributed by atoms with Crippen LogP contribution in [-0.4, -0.2) is 33.5 Å². The van der Waals surface area contributed by atoms with Crippen LogP contribution in [0.5, 0.6) is 0 Å². The minimum Gasteiger partial charge on any atom is -0.385 e. The van der Waals surface area contributed by atoms with Crippen molar-refractivity contribution in [1.82, 2.24) is 0 Å². The van der Waals surface area contributed by atoms with Gasteiger partial charge in [-0.3, -0.25) is 0 Å². The molecule has 0 aromatic rings. The van der Waals surface area contributed by atoms with Crippen molar-refractivity contribution >= 4 is 8.60 Å². The number of hydrogen-bond donors (Lipinski definition) is 0. The SMILES string of the molecule is CCOP(OCC)OCCCCOC. The molecule has 0 aliphatic carbocycles. The first-order valence-electron chi connectivity index (χ1n) is 5.02. The van der Waals surface area contributed by atoms with E-state index in [1.165, 1.54) is 0 Å². The quantitative estimate of drug-likeness (QED) is 0.422. The zero-order valence-corrected chi connectivity index (χ0v) is 10.2. The Hall–Kier alpha value is 0.270. The summed E-state index contributed by atoms with van der Waals surface area (Å²) in [7, 11) is 0.580. The predicted molar refractivity (Wildman–Crippen MR) is 57.2 cm³/mol. The Labute approximate surface area is 87.9 Å². The van der Waals surface area contributed by atoms with Crippen LogP contribution in [0.4, 0.5) is 0 Å². The van der Waals surface area contributed by atoms with Gasteiger partial charge < -0.3 is 18.3 Å². The van der Waals surface area contributed by atoms with E-state index < -0.39 is 8.60 Å². The summed E-state index contributed by atoms with van der Waals surface area (Å²) in [5.74, 6) is 0. The van der Waals surface area contributed by atoms with E-state index in [0.717, 1.165) is 19.4 Å². The largest absolute Gasteiger partial charge is 0.385 e. The molecule has 0 unspecified atom stereocenters. The second-order valence-corrected chi connectivity index (χ2v) is 3.81. The lowest BCUT2D eigenvalue weighted by atomic mass is 10.3. The van der Waals surface area contributed by atoms with Crippen LogP contribution in [0.2, 0.25) is 0 Å². The lowest BCUT2D eigenvalue weighted by Crippen LogP contribution is -1.98. The van der Waals surface area contributed by atoms with Gasteiger partial charge >= 0.3 is 8.60 Å². The van der Waals surface area contributed by atoms with E-state index in [1.807, 2.05) is 13.8 Å². The van der Waals surface area contributed by atoms with Crippen molar-refractivity contribution in [3.8, 4) is 0 Å². The van der Waals surface area contributed by atoms with Crippen LogP contribution in [0.15, 0.2) is 0 Å². The monoisotopic (exact) mass is 224 g/mol. The molecule has 0 atom stereocenters. The third-order valence-corrected chi connectivity index (χ3v) is 2.74. The van der Waals surface area contributed by atoms with Crippen molar-refractivity contribution in [2.75, 3.05) is 33.5 Å². The first-order valence-corrected chi connectivity index (χ1v) is 6.12. The van der Waals surface area contributed by atoms with Crippen LogP contribution >= 0.6 is 8.60 Å². The minimum atomic E-state index is -1.12. The first kappa shape index (κ1) is 14.3. The summed E-state index contributed by atoms with van der Waals surface area (Å²) in [6.07, 6.45) is 1.99. The first-order chi connectivity index (χ1) is 6.85. The topological polar surface area (TPSA) is 36.9 Å². The number of hydrogen-bond acceptors (Lipinski definition) is 4. The van der Waals surface area contributed by atoms with Gasteiger partial charge in [-0.05, 0) is 26.7 Å². The lowest BCUT2D eigenvalue weighted by Gasteiger charge is -2.14. The summed E-state index contributed by atoms with van der Waals surface area (Å²) >= 11 is 0. The maximum absolute atomic E-state index is 5.43. The van der Waals surface area contributed by atoms with Gasteiger partial charge in [0.05, 0.1) is 19.8 Å². The number of methoxy groups -OCH3 is 1. The Morgan fingerprint density at radius 3 is 1.93 bits per heavy atom. The molecule has 0 aromatic carbocycles. The number of ether oxygens (including phenoxy) is 1. The second kappa shape index (κ2) is 11.3. The number of rotatable bonds is 10. The molecule has 0 aromatic heterocycles. The van der Waals surface area contributed by atoms with Gasteiger partial charge in [-0.15, -0.1) is 0 Å². The van der Waals surface area contributed by atoms with Gasteiger partial charge in [0.15, 0.2) is 0 Å². The molecule has 0 rings (SSSR count). The molecule has 0 bridgehead atoms. The zero-order valence-electron chi connectivity index (χ0n) is 9.32. The molecule has 0 radical (unpaired) electrons. The summed E-state index contributed by atoms with van der Waals surface area (Å²) < 4.78 is 20.9. The predicted octanol–water partition coefficient (Wildman–Crippen LogP) is 2.73. The van der Waals surface area contributed by atoms with Crippen LogP contribution in [0.25, 0.3) is 0 Å². The van der Waals surface area contributed by atoms with E-state index in [9.17, 15) is 0 Å². The standard InChI is InChI=1S/C9H21O4P/c1-4-11-14(12-5-2)13-9-7-6-8-10-3/h4-9H2,1-3H3. The second-order valence-electron chi connectivity index (χ2n) is 2.59. The highest BCUT2D eigenvalue weighted by atomic mass is 31.2. The van der Waals surface area contributed by atoms with E-state index in [0.29, 0.717) is 19.8 Å². The van der Waals surface area contributed by atoms with Crippen LogP contribution in [0.1, 0.15) is 26.7 Å². The fraction of sp³-hybridized carbons (Fsp3) is 1.00. The molecule has 0 spiro atoms. The van der Waals surface area contributed by atoms with Crippen LogP contribution < -0.4 is 0 Å². The molecule has 86 valence electrons. The Morgan fingerprint density at radius 2 is 1.43 bits per heavy atom. The molecule has 5 heteroatoms. The molecule has 0 saturated carbocycles. The van der Waals surface area contributed by atoms with Crippen molar-refractivity contribution in [3.63, 3.8) is 0 Å².